The third-order valence-corrected chi connectivity index (χ3v) is 6.71. The van der Waals surface area contributed by atoms with E-state index in [1.54, 1.807) is 14.0 Å². The third kappa shape index (κ3) is 3.27. The molecule has 4 rings (SSSR count). The standard InChI is InChI=1S/C18H21FN4O4S/c1-10-5-12(3-4-13(10)19)21-18(24)16-17-15(8-23(16)2)28(25,26)22-14-7-20-6-11(14)9-27-17/h3-5,8,11,14,20,22H,6-7,9H2,1-2H3,(H,21,24)/p+1/t11-,14-/m0/s1. The minimum absolute atomic E-state index is 0.0267. The normalized spacial score (nSPS) is 23.1. The van der Waals surface area contributed by atoms with Crippen LogP contribution in [-0.2, 0) is 17.1 Å². The van der Waals surface area contributed by atoms with Crippen LogP contribution in [-0.4, -0.2) is 44.6 Å². The van der Waals surface area contributed by atoms with Crippen LogP contribution < -0.4 is 20.1 Å². The number of fused-ring (bicyclic) bond motifs is 2. The Kier molecular flexibility index (Phi) is 4.64. The van der Waals surface area contributed by atoms with Gasteiger partial charge in [-0.2, -0.15) is 0 Å². The predicted octanol–water partition coefficient (Wildman–Crippen LogP) is -0.0426. The van der Waals surface area contributed by atoms with Crippen LogP contribution in [0.5, 0.6) is 5.75 Å². The summed E-state index contributed by atoms with van der Waals surface area (Å²) in [6, 6.07) is 4.03. The number of aromatic nitrogens is 1. The number of hydrogen-bond donors (Lipinski definition) is 3. The number of ether oxygens (including phenoxy) is 1. The molecule has 0 unspecified atom stereocenters. The number of benzene rings is 1. The van der Waals surface area contributed by atoms with E-state index in [0.717, 1.165) is 6.54 Å². The van der Waals surface area contributed by atoms with Crippen molar-refractivity contribution in [3.8, 4) is 5.75 Å². The van der Waals surface area contributed by atoms with Crippen molar-refractivity contribution >= 4 is 21.6 Å². The lowest BCUT2D eigenvalue weighted by atomic mass is 10.1. The Labute approximate surface area is 162 Å². The first-order chi connectivity index (χ1) is 13.3. The van der Waals surface area contributed by atoms with Crippen LogP contribution in [0.25, 0.3) is 0 Å². The van der Waals surface area contributed by atoms with E-state index in [0.29, 0.717) is 24.4 Å². The van der Waals surface area contributed by atoms with E-state index < -0.39 is 15.9 Å². The van der Waals surface area contributed by atoms with Gasteiger partial charge in [-0.3, -0.25) is 4.79 Å². The number of sulfonamides is 1. The van der Waals surface area contributed by atoms with Crippen LogP contribution in [0.1, 0.15) is 16.1 Å². The molecule has 1 aromatic heterocycles. The number of hydrogen-bond acceptors (Lipinski definition) is 4. The molecular weight excluding hydrogens is 387 g/mol. The first kappa shape index (κ1) is 18.9. The Bertz CT molecular complexity index is 1050. The number of nitrogens with two attached hydrogens (primary N) is 1. The van der Waals surface area contributed by atoms with Gasteiger partial charge in [-0.25, -0.2) is 17.5 Å². The van der Waals surface area contributed by atoms with E-state index >= 15 is 0 Å². The topological polar surface area (TPSA) is 106 Å². The van der Waals surface area contributed by atoms with Gasteiger partial charge in [0.2, 0.25) is 10.0 Å². The van der Waals surface area contributed by atoms with E-state index in [4.69, 9.17) is 4.74 Å². The molecule has 2 aromatic rings. The molecule has 2 aliphatic heterocycles. The van der Waals surface area contributed by atoms with Crippen molar-refractivity contribution in [1.29, 1.82) is 0 Å². The lowest BCUT2D eigenvalue weighted by molar-refractivity contribution is -0.638. The molecule has 1 aromatic carbocycles. The van der Waals surface area contributed by atoms with E-state index in [2.05, 4.69) is 10.0 Å². The van der Waals surface area contributed by atoms with Crippen LogP contribution in [0.3, 0.4) is 0 Å². The summed E-state index contributed by atoms with van der Waals surface area (Å²) in [5.41, 5.74) is 0.908. The quantitative estimate of drug-likeness (QED) is 0.647. The fourth-order valence-corrected chi connectivity index (χ4v) is 5.22. The molecule has 1 amide bonds. The van der Waals surface area contributed by atoms with Crippen LogP contribution in [0.2, 0.25) is 0 Å². The summed E-state index contributed by atoms with van der Waals surface area (Å²) in [5, 5.41) is 4.73. The molecule has 8 nitrogen and oxygen atoms in total. The van der Waals surface area contributed by atoms with E-state index in [9.17, 15) is 17.6 Å². The number of quaternary nitrogens is 1. The molecule has 150 valence electrons. The zero-order valence-electron chi connectivity index (χ0n) is 15.5. The number of anilines is 1. The SMILES string of the molecule is Cc1cc(NC(=O)c2c3c(cn2C)S(=O)(=O)N[C@H]2C[NH2+]C[C@H]2CO3)ccc1F. The third-order valence-electron chi connectivity index (χ3n) is 5.23. The van der Waals surface area contributed by atoms with Crippen molar-refractivity contribution < 1.29 is 27.7 Å². The van der Waals surface area contributed by atoms with Crippen molar-refractivity contribution in [2.45, 2.75) is 17.9 Å². The molecule has 3 heterocycles. The molecule has 0 bridgehead atoms. The summed E-state index contributed by atoms with van der Waals surface area (Å²) in [4.78, 5) is 12.8. The first-order valence-electron chi connectivity index (χ1n) is 9.00. The average Bonchev–Trinajstić information content (AvgIpc) is 3.18. The molecule has 4 N–H and O–H groups in total. The molecule has 0 saturated carbocycles. The molecule has 1 saturated heterocycles. The summed E-state index contributed by atoms with van der Waals surface area (Å²) in [5.74, 6) is -0.832. The fourth-order valence-electron chi connectivity index (χ4n) is 3.71. The zero-order valence-corrected chi connectivity index (χ0v) is 16.3. The van der Waals surface area contributed by atoms with Gasteiger partial charge in [-0.1, -0.05) is 0 Å². The molecular formula is C18H22FN4O4S+. The van der Waals surface area contributed by atoms with Crippen LogP contribution in [0.15, 0.2) is 29.3 Å². The Hall–Kier alpha value is -2.43. The highest BCUT2D eigenvalue weighted by Crippen LogP contribution is 2.33. The maximum atomic E-state index is 13.5. The largest absolute Gasteiger partial charge is 0.489 e. The minimum atomic E-state index is -3.82. The van der Waals surface area contributed by atoms with Gasteiger partial charge in [-0.15, -0.1) is 0 Å². The summed E-state index contributed by atoms with van der Waals surface area (Å²) >= 11 is 0. The number of rotatable bonds is 2. The number of carbonyl (C=O) groups excluding carboxylic acids is 1. The molecule has 0 spiro atoms. The van der Waals surface area contributed by atoms with Gasteiger partial charge in [0.05, 0.1) is 31.7 Å². The molecule has 0 aliphatic carbocycles. The lowest BCUT2D eigenvalue weighted by Crippen LogP contribution is -2.82. The molecule has 2 atom stereocenters. The maximum Gasteiger partial charge on any atom is 0.276 e. The Morgan fingerprint density at radius 3 is 2.93 bits per heavy atom. The number of nitrogens with zero attached hydrogens (tertiary/aromatic N) is 1. The first-order valence-corrected chi connectivity index (χ1v) is 10.5. The Morgan fingerprint density at radius 2 is 2.18 bits per heavy atom. The highest BCUT2D eigenvalue weighted by molar-refractivity contribution is 7.89. The highest BCUT2D eigenvalue weighted by Gasteiger charge is 2.40. The van der Waals surface area contributed by atoms with Gasteiger partial charge in [0, 0.05) is 18.9 Å². The van der Waals surface area contributed by atoms with Crippen LogP contribution in [0, 0.1) is 18.7 Å². The van der Waals surface area contributed by atoms with Crippen molar-refractivity contribution in [3.05, 3.63) is 41.5 Å². The fraction of sp³-hybridized carbons (Fsp3) is 0.389. The summed E-state index contributed by atoms with van der Waals surface area (Å²) in [6.45, 7) is 3.33. The van der Waals surface area contributed by atoms with Gasteiger partial charge in [0.25, 0.3) is 5.91 Å². The Morgan fingerprint density at radius 1 is 1.39 bits per heavy atom. The number of amides is 1. The molecule has 28 heavy (non-hydrogen) atoms. The molecule has 10 heteroatoms. The number of nitrogens with one attached hydrogen (secondary N) is 2. The highest BCUT2D eigenvalue weighted by atomic mass is 32.2. The van der Waals surface area contributed by atoms with E-state index in [-0.39, 0.29) is 34.1 Å². The summed E-state index contributed by atoms with van der Waals surface area (Å²) in [6.07, 6.45) is 1.38. The van der Waals surface area contributed by atoms with Gasteiger partial charge in [0.15, 0.2) is 11.4 Å². The monoisotopic (exact) mass is 409 g/mol. The van der Waals surface area contributed by atoms with E-state index in [1.165, 1.54) is 29.0 Å². The molecule has 2 aliphatic rings. The van der Waals surface area contributed by atoms with Crippen molar-refractivity contribution in [1.82, 2.24) is 9.29 Å². The minimum Gasteiger partial charge on any atom is -0.489 e. The molecule has 0 radical (unpaired) electrons. The van der Waals surface area contributed by atoms with Crippen molar-refractivity contribution in [2.75, 3.05) is 25.0 Å². The average molecular weight is 409 g/mol. The van der Waals surface area contributed by atoms with Gasteiger partial charge in [-0.05, 0) is 30.7 Å². The van der Waals surface area contributed by atoms with Gasteiger partial charge < -0.3 is 19.9 Å². The Balaban J connectivity index is 1.70. The number of carbonyl (C=O) groups is 1. The second-order valence-electron chi connectivity index (χ2n) is 7.26. The van der Waals surface area contributed by atoms with Crippen LogP contribution in [0.4, 0.5) is 10.1 Å². The number of aryl methyl sites for hydroxylation is 2. The van der Waals surface area contributed by atoms with Crippen LogP contribution >= 0.6 is 0 Å². The van der Waals surface area contributed by atoms with Gasteiger partial charge in [0.1, 0.15) is 10.7 Å². The lowest BCUT2D eigenvalue weighted by Gasteiger charge is -2.22. The smallest absolute Gasteiger partial charge is 0.276 e. The van der Waals surface area contributed by atoms with Crippen molar-refractivity contribution in [2.24, 2.45) is 13.0 Å². The second-order valence-corrected chi connectivity index (χ2v) is 8.94. The number of halogens is 1. The predicted molar refractivity (Wildman–Crippen MR) is 99.3 cm³/mol. The van der Waals surface area contributed by atoms with Gasteiger partial charge >= 0.3 is 0 Å². The maximum absolute atomic E-state index is 13.5. The second kappa shape index (κ2) is 6.87. The summed E-state index contributed by atoms with van der Waals surface area (Å²) < 4.78 is 49.1. The van der Waals surface area contributed by atoms with E-state index in [1.807, 2.05) is 5.32 Å². The molecule has 1 fully saturated rings. The zero-order chi connectivity index (χ0) is 20.1. The summed E-state index contributed by atoms with van der Waals surface area (Å²) in [7, 11) is -2.24. The van der Waals surface area contributed by atoms with Crippen molar-refractivity contribution in [3.63, 3.8) is 0 Å².